The van der Waals surface area contributed by atoms with Gasteiger partial charge in [0.25, 0.3) is 0 Å². The van der Waals surface area contributed by atoms with Gasteiger partial charge in [-0.15, -0.1) is 0 Å². The highest BCUT2D eigenvalue weighted by Crippen LogP contribution is 2.56. The third kappa shape index (κ3) is 1.88. The van der Waals surface area contributed by atoms with Gasteiger partial charge in [-0.05, 0) is 43.9 Å². The van der Waals surface area contributed by atoms with E-state index in [9.17, 15) is 9.90 Å². The molecule has 17 heavy (non-hydrogen) atoms. The number of carbonyl (C=O) groups excluding carboxylic acids is 1. The van der Waals surface area contributed by atoms with Crippen LogP contribution in [0.3, 0.4) is 0 Å². The normalized spacial score (nSPS) is 40.5. The summed E-state index contributed by atoms with van der Waals surface area (Å²) in [6.07, 6.45) is 5.24. The molecular weight excluding hydrogens is 216 g/mol. The van der Waals surface area contributed by atoms with Crippen LogP contribution < -0.4 is 0 Å². The highest BCUT2D eigenvalue weighted by Gasteiger charge is 2.61. The second kappa shape index (κ2) is 4.27. The SMILES string of the molecule is COC(=O)C1(C2(O)CC(C)CC(C)C2)CCC1. The molecule has 0 radical (unpaired) electrons. The van der Waals surface area contributed by atoms with Crippen molar-refractivity contribution in [3.8, 4) is 0 Å². The Balaban J connectivity index is 2.26. The summed E-state index contributed by atoms with van der Waals surface area (Å²) in [4.78, 5) is 12.1. The maximum atomic E-state index is 12.1. The molecule has 3 heteroatoms. The Labute approximate surface area is 104 Å². The lowest BCUT2D eigenvalue weighted by Crippen LogP contribution is -2.60. The van der Waals surface area contributed by atoms with Gasteiger partial charge in [0.05, 0.1) is 18.1 Å². The van der Waals surface area contributed by atoms with Crippen LogP contribution in [-0.2, 0) is 9.53 Å². The van der Waals surface area contributed by atoms with Crippen molar-refractivity contribution in [2.45, 2.75) is 58.0 Å². The van der Waals surface area contributed by atoms with Crippen molar-refractivity contribution < 1.29 is 14.6 Å². The van der Waals surface area contributed by atoms with Crippen LogP contribution in [0.4, 0.5) is 0 Å². The van der Waals surface area contributed by atoms with Gasteiger partial charge >= 0.3 is 5.97 Å². The lowest BCUT2D eigenvalue weighted by atomic mass is 9.52. The molecule has 0 aromatic rings. The summed E-state index contributed by atoms with van der Waals surface area (Å²) < 4.78 is 4.95. The molecule has 2 atom stereocenters. The molecule has 2 aliphatic rings. The number of methoxy groups -OCH3 is 1. The smallest absolute Gasteiger partial charge is 0.314 e. The summed E-state index contributed by atoms with van der Waals surface area (Å²) in [6, 6.07) is 0. The van der Waals surface area contributed by atoms with Gasteiger partial charge in [-0.25, -0.2) is 0 Å². The lowest BCUT2D eigenvalue weighted by molar-refractivity contribution is -0.200. The minimum atomic E-state index is -0.838. The fraction of sp³-hybridized carbons (Fsp3) is 0.929. The molecule has 2 fully saturated rings. The zero-order valence-electron chi connectivity index (χ0n) is 11.2. The average Bonchev–Trinajstić information content (AvgIpc) is 2.12. The number of ether oxygens (including phenoxy) is 1. The van der Waals surface area contributed by atoms with Crippen molar-refractivity contribution >= 4 is 5.97 Å². The van der Waals surface area contributed by atoms with E-state index in [1.807, 2.05) is 0 Å². The summed E-state index contributed by atoms with van der Waals surface area (Å²) in [7, 11) is 1.43. The van der Waals surface area contributed by atoms with Gasteiger partial charge in [-0.2, -0.15) is 0 Å². The van der Waals surface area contributed by atoms with Crippen LogP contribution in [0.1, 0.15) is 52.4 Å². The Morgan fingerprint density at radius 1 is 1.24 bits per heavy atom. The van der Waals surface area contributed by atoms with Crippen molar-refractivity contribution in [3.63, 3.8) is 0 Å². The third-order valence-electron chi connectivity index (χ3n) is 4.85. The van der Waals surface area contributed by atoms with E-state index in [0.29, 0.717) is 11.8 Å². The van der Waals surface area contributed by atoms with Crippen LogP contribution in [0, 0.1) is 17.3 Å². The molecule has 2 saturated carbocycles. The van der Waals surface area contributed by atoms with E-state index < -0.39 is 11.0 Å². The van der Waals surface area contributed by atoms with Crippen LogP contribution in [0.2, 0.25) is 0 Å². The van der Waals surface area contributed by atoms with Gasteiger partial charge in [-0.1, -0.05) is 20.3 Å². The Bertz CT molecular complexity index is 297. The standard InChI is InChI=1S/C14H24O3/c1-10-7-11(2)9-14(16,8-10)13(5-4-6-13)12(15)17-3/h10-11,16H,4-9H2,1-3H3. The van der Waals surface area contributed by atoms with Crippen molar-refractivity contribution in [1.29, 1.82) is 0 Å². The van der Waals surface area contributed by atoms with E-state index in [0.717, 1.165) is 38.5 Å². The fourth-order valence-corrected chi connectivity index (χ4v) is 4.07. The second-order valence-electron chi connectivity index (χ2n) is 6.31. The zero-order valence-corrected chi connectivity index (χ0v) is 11.2. The number of hydrogen-bond acceptors (Lipinski definition) is 3. The van der Waals surface area contributed by atoms with Crippen molar-refractivity contribution in [1.82, 2.24) is 0 Å². The van der Waals surface area contributed by atoms with E-state index >= 15 is 0 Å². The van der Waals surface area contributed by atoms with E-state index in [1.165, 1.54) is 7.11 Å². The third-order valence-corrected chi connectivity index (χ3v) is 4.85. The molecule has 0 saturated heterocycles. The number of esters is 1. The number of rotatable bonds is 2. The first-order chi connectivity index (χ1) is 7.93. The molecule has 0 bridgehead atoms. The summed E-state index contributed by atoms with van der Waals surface area (Å²) in [5, 5.41) is 11.0. The second-order valence-corrected chi connectivity index (χ2v) is 6.31. The molecule has 0 heterocycles. The Morgan fingerprint density at radius 2 is 1.76 bits per heavy atom. The predicted octanol–water partition coefficient (Wildman–Crippen LogP) is 2.52. The molecule has 0 aliphatic heterocycles. The maximum Gasteiger partial charge on any atom is 0.314 e. The summed E-state index contributed by atoms with van der Waals surface area (Å²) in [5.74, 6) is 0.782. The van der Waals surface area contributed by atoms with Gasteiger partial charge in [0, 0.05) is 0 Å². The Kier molecular flexibility index (Phi) is 3.23. The van der Waals surface area contributed by atoms with Crippen LogP contribution in [0.25, 0.3) is 0 Å². The number of aliphatic hydroxyl groups is 1. The average molecular weight is 240 g/mol. The van der Waals surface area contributed by atoms with Crippen LogP contribution in [0.15, 0.2) is 0 Å². The fourth-order valence-electron chi connectivity index (χ4n) is 4.07. The molecule has 0 spiro atoms. The topological polar surface area (TPSA) is 46.5 Å². The highest BCUT2D eigenvalue weighted by molar-refractivity contribution is 5.79. The molecule has 98 valence electrons. The predicted molar refractivity (Wildman–Crippen MR) is 65.4 cm³/mol. The molecule has 0 aromatic heterocycles. The molecule has 2 unspecified atom stereocenters. The molecule has 2 rings (SSSR count). The summed E-state index contributed by atoms with van der Waals surface area (Å²) >= 11 is 0. The lowest BCUT2D eigenvalue weighted by Gasteiger charge is -2.54. The van der Waals surface area contributed by atoms with Crippen molar-refractivity contribution in [2.24, 2.45) is 17.3 Å². The maximum absolute atomic E-state index is 12.1. The molecule has 3 nitrogen and oxygen atoms in total. The summed E-state index contributed by atoms with van der Waals surface area (Å²) in [5.41, 5.74) is -1.44. The Morgan fingerprint density at radius 3 is 2.12 bits per heavy atom. The molecule has 2 aliphatic carbocycles. The first-order valence-electron chi connectivity index (χ1n) is 6.74. The largest absolute Gasteiger partial charge is 0.469 e. The van der Waals surface area contributed by atoms with Gasteiger partial charge < -0.3 is 9.84 Å². The Hall–Kier alpha value is -0.570. The molecular formula is C14H24O3. The van der Waals surface area contributed by atoms with Crippen LogP contribution in [-0.4, -0.2) is 23.8 Å². The van der Waals surface area contributed by atoms with Gasteiger partial charge in [-0.3, -0.25) is 4.79 Å². The van der Waals surface area contributed by atoms with E-state index in [-0.39, 0.29) is 5.97 Å². The first-order valence-corrected chi connectivity index (χ1v) is 6.74. The molecule has 0 aromatic carbocycles. The van der Waals surface area contributed by atoms with E-state index in [4.69, 9.17) is 4.74 Å². The first kappa shape index (κ1) is 12.9. The highest BCUT2D eigenvalue weighted by atomic mass is 16.5. The van der Waals surface area contributed by atoms with Crippen molar-refractivity contribution in [2.75, 3.05) is 7.11 Å². The van der Waals surface area contributed by atoms with E-state index in [2.05, 4.69) is 13.8 Å². The number of hydrogen-bond donors (Lipinski definition) is 1. The van der Waals surface area contributed by atoms with Gasteiger partial charge in [0.1, 0.15) is 0 Å². The van der Waals surface area contributed by atoms with E-state index in [1.54, 1.807) is 0 Å². The van der Waals surface area contributed by atoms with Gasteiger partial charge in [0.15, 0.2) is 0 Å². The molecule has 1 N–H and O–H groups in total. The van der Waals surface area contributed by atoms with Crippen LogP contribution >= 0.6 is 0 Å². The van der Waals surface area contributed by atoms with Crippen LogP contribution in [0.5, 0.6) is 0 Å². The minimum absolute atomic E-state index is 0.201. The zero-order chi connectivity index (χ0) is 12.7. The molecule has 0 amide bonds. The van der Waals surface area contributed by atoms with Gasteiger partial charge in [0.2, 0.25) is 0 Å². The monoisotopic (exact) mass is 240 g/mol. The minimum Gasteiger partial charge on any atom is -0.469 e. The quantitative estimate of drug-likeness (QED) is 0.754. The summed E-state index contributed by atoms with van der Waals surface area (Å²) in [6.45, 7) is 4.34. The number of carbonyl (C=O) groups is 1. The van der Waals surface area contributed by atoms with Crippen molar-refractivity contribution in [3.05, 3.63) is 0 Å².